The Hall–Kier alpha value is -4.43. The number of methoxy groups -OCH3 is 2. The van der Waals surface area contributed by atoms with Gasteiger partial charge in [0, 0.05) is 5.56 Å². The first-order chi connectivity index (χ1) is 18.9. The van der Waals surface area contributed by atoms with Crippen LogP contribution in [0.2, 0.25) is 0 Å². The molecule has 0 fully saturated rings. The van der Waals surface area contributed by atoms with Crippen LogP contribution in [0.1, 0.15) is 35.2 Å². The molecule has 0 radical (unpaired) electrons. The molecule has 1 atom stereocenters. The molecule has 5 rings (SSSR count). The van der Waals surface area contributed by atoms with Gasteiger partial charge in [0.2, 0.25) is 0 Å². The number of carbonyl (C=O) groups is 1. The second-order valence-corrected chi connectivity index (χ2v) is 9.97. The molecule has 0 amide bonds. The third kappa shape index (κ3) is 5.03. The summed E-state index contributed by atoms with van der Waals surface area (Å²) in [6.07, 6.45) is 1.86. The average Bonchev–Trinajstić information content (AvgIpc) is 3.26. The zero-order chi connectivity index (χ0) is 27.5. The van der Waals surface area contributed by atoms with E-state index in [4.69, 9.17) is 19.2 Å². The lowest BCUT2D eigenvalue weighted by atomic mass is 9.93. The van der Waals surface area contributed by atoms with Crippen molar-refractivity contribution in [3.8, 4) is 11.5 Å². The van der Waals surface area contributed by atoms with Crippen LogP contribution in [0.3, 0.4) is 0 Å². The van der Waals surface area contributed by atoms with E-state index >= 15 is 0 Å². The van der Waals surface area contributed by atoms with Crippen molar-refractivity contribution in [3.05, 3.63) is 120 Å². The van der Waals surface area contributed by atoms with Crippen molar-refractivity contribution < 1.29 is 19.0 Å². The smallest absolute Gasteiger partial charge is 0.338 e. The SMILES string of the molecule is CCOC(=O)C1=C(c2ccccc2)N=c2s/c(=C/c3cccc(C)c3)c(=O)n2[C@H]1c1ccc(OC)c(OC)c1. The standard InChI is InChI=1S/C31H28N2O5S/c1-5-38-30(35)26-27(21-12-7-6-8-13-21)32-31-33(28(26)22-14-15-23(36-3)24(18-22)37-4)29(34)25(39-31)17-20-11-9-10-19(2)16-20/h6-18,28H,5H2,1-4H3/b25-17+/t28-/m0/s1. The molecule has 8 heteroatoms. The van der Waals surface area contributed by atoms with Crippen molar-refractivity contribution in [3.63, 3.8) is 0 Å². The molecule has 1 aliphatic heterocycles. The zero-order valence-corrected chi connectivity index (χ0v) is 23.0. The Balaban J connectivity index is 1.85. The Morgan fingerprint density at radius 1 is 1.00 bits per heavy atom. The monoisotopic (exact) mass is 540 g/mol. The molecule has 1 aliphatic rings. The van der Waals surface area contributed by atoms with E-state index in [1.807, 2.05) is 73.7 Å². The number of nitrogens with zero attached hydrogens (tertiary/aromatic N) is 2. The fraction of sp³-hybridized carbons (Fsp3) is 0.194. The molecule has 3 aromatic carbocycles. The Morgan fingerprint density at radius 2 is 1.77 bits per heavy atom. The predicted octanol–water partition coefficient (Wildman–Crippen LogP) is 4.26. The van der Waals surface area contributed by atoms with Gasteiger partial charge >= 0.3 is 5.97 Å². The van der Waals surface area contributed by atoms with E-state index in [2.05, 4.69) is 0 Å². The van der Waals surface area contributed by atoms with Gasteiger partial charge in [-0.1, -0.05) is 77.6 Å². The molecule has 0 N–H and O–H groups in total. The van der Waals surface area contributed by atoms with E-state index in [-0.39, 0.29) is 17.7 Å². The maximum absolute atomic E-state index is 14.0. The predicted molar refractivity (Wildman–Crippen MR) is 152 cm³/mol. The van der Waals surface area contributed by atoms with E-state index in [0.717, 1.165) is 16.7 Å². The van der Waals surface area contributed by atoms with Gasteiger partial charge in [-0.15, -0.1) is 0 Å². The van der Waals surface area contributed by atoms with E-state index in [1.54, 1.807) is 37.8 Å². The van der Waals surface area contributed by atoms with Crippen LogP contribution in [0.25, 0.3) is 11.8 Å². The van der Waals surface area contributed by atoms with Crippen LogP contribution in [-0.4, -0.2) is 31.4 Å². The number of ether oxygens (including phenoxy) is 3. The summed E-state index contributed by atoms with van der Waals surface area (Å²) in [5.41, 5.74) is 3.94. The Bertz CT molecular complexity index is 1750. The minimum atomic E-state index is -0.796. The summed E-state index contributed by atoms with van der Waals surface area (Å²) in [5, 5.41) is 0. The highest BCUT2D eigenvalue weighted by molar-refractivity contribution is 7.07. The molecule has 1 aromatic heterocycles. The average molecular weight is 541 g/mol. The third-order valence-electron chi connectivity index (χ3n) is 6.44. The molecule has 0 unspecified atom stereocenters. The number of aryl methyl sites for hydroxylation is 1. The molecule has 0 aliphatic carbocycles. The minimum Gasteiger partial charge on any atom is -0.493 e. The van der Waals surface area contributed by atoms with E-state index in [9.17, 15) is 9.59 Å². The minimum absolute atomic E-state index is 0.181. The van der Waals surface area contributed by atoms with Crippen molar-refractivity contribution >= 4 is 29.1 Å². The molecule has 2 heterocycles. The maximum Gasteiger partial charge on any atom is 0.338 e. The highest BCUT2D eigenvalue weighted by atomic mass is 32.1. The van der Waals surface area contributed by atoms with Crippen LogP contribution in [0.4, 0.5) is 0 Å². The lowest BCUT2D eigenvalue weighted by molar-refractivity contribution is -0.138. The van der Waals surface area contributed by atoms with Crippen LogP contribution in [0.5, 0.6) is 11.5 Å². The van der Waals surface area contributed by atoms with E-state index in [0.29, 0.717) is 32.1 Å². The van der Waals surface area contributed by atoms with Crippen molar-refractivity contribution in [1.82, 2.24) is 4.57 Å². The topological polar surface area (TPSA) is 79.1 Å². The summed E-state index contributed by atoms with van der Waals surface area (Å²) in [6.45, 7) is 3.94. The number of thiazole rings is 1. The highest BCUT2D eigenvalue weighted by Gasteiger charge is 2.35. The van der Waals surface area contributed by atoms with Crippen molar-refractivity contribution in [2.24, 2.45) is 4.99 Å². The second kappa shape index (κ2) is 11.1. The molecular formula is C31H28N2O5S. The van der Waals surface area contributed by atoms with Crippen molar-refractivity contribution in [2.75, 3.05) is 20.8 Å². The van der Waals surface area contributed by atoms with Crippen LogP contribution in [0.15, 0.2) is 88.2 Å². The van der Waals surface area contributed by atoms with Gasteiger partial charge in [-0.05, 0) is 43.2 Å². The summed E-state index contributed by atoms with van der Waals surface area (Å²) in [7, 11) is 3.11. The first-order valence-corrected chi connectivity index (χ1v) is 13.3. The molecular weight excluding hydrogens is 512 g/mol. The van der Waals surface area contributed by atoms with Gasteiger partial charge in [0.15, 0.2) is 16.3 Å². The number of hydrogen-bond donors (Lipinski definition) is 0. The molecule has 0 bridgehead atoms. The Morgan fingerprint density at radius 3 is 2.46 bits per heavy atom. The van der Waals surface area contributed by atoms with Gasteiger partial charge in [0.25, 0.3) is 5.56 Å². The van der Waals surface area contributed by atoms with Gasteiger partial charge in [-0.3, -0.25) is 9.36 Å². The van der Waals surface area contributed by atoms with Gasteiger partial charge in [0.05, 0.1) is 42.7 Å². The number of carbonyl (C=O) groups excluding carboxylic acids is 1. The summed E-state index contributed by atoms with van der Waals surface area (Å²) < 4.78 is 18.6. The quantitative estimate of drug-likeness (QED) is 0.328. The lowest BCUT2D eigenvalue weighted by Gasteiger charge is -2.26. The fourth-order valence-corrected chi connectivity index (χ4v) is 5.69. The molecule has 4 aromatic rings. The normalized spacial score (nSPS) is 15.0. The van der Waals surface area contributed by atoms with Gasteiger partial charge in [0.1, 0.15) is 0 Å². The first kappa shape index (κ1) is 26.2. The largest absolute Gasteiger partial charge is 0.493 e. The third-order valence-corrected chi connectivity index (χ3v) is 7.42. The summed E-state index contributed by atoms with van der Waals surface area (Å²) >= 11 is 1.29. The maximum atomic E-state index is 14.0. The van der Waals surface area contributed by atoms with Gasteiger partial charge in [-0.2, -0.15) is 0 Å². The van der Waals surface area contributed by atoms with Crippen LogP contribution >= 0.6 is 11.3 Å². The number of aromatic nitrogens is 1. The molecule has 0 spiro atoms. The summed E-state index contributed by atoms with van der Waals surface area (Å²) in [4.78, 5) is 32.9. The highest BCUT2D eigenvalue weighted by Crippen LogP contribution is 2.38. The van der Waals surface area contributed by atoms with Crippen LogP contribution < -0.4 is 24.4 Å². The fourth-order valence-electron chi connectivity index (χ4n) is 4.69. The zero-order valence-electron chi connectivity index (χ0n) is 22.1. The first-order valence-electron chi connectivity index (χ1n) is 12.5. The number of esters is 1. The molecule has 0 saturated carbocycles. The Labute approximate surface area is 229 Å². The molecule has 7 nitrogen and oxygen atoms in total. The summed E-state index contributed by atoms with van der Waals surface area (Å²) in [5.74, 6) is 0.490. The molecule has 39 heavy (non-hydrogen) atoms. The van der Waals surface area contributed by atoms with Crippen LogP contribution in [-0.2, 0) is 9.53 Å². The van der Waals surface area contributed by atoms with Gasteiger partial charge < -0.3 is 14.2 Å². The summed E-state index contributed by atoms with van der Waals surface area (Å²) in [6, 6.07) is 22.0. The van der Waals surface area contributed by atoms with E-state index in [1.165, 1.54) is 11.3 Å². The Kier molecular flexibility index (Phi) is 7.47. The van der Waals surface area contributed by atoms with Gasteiger partial charge in [-0.25, -0.2) is 9.79 Å². The van der Waals surface area contributed by atoms with Crippen LogP contribution in [0, 0.1) is 6.92 Å². The number of hydrogen-bond acceptors (Lipinski definition) is 7. The molecule has 0 saturated heterocycles. The van der Waals surface area contributed by atoms with Crippen molar-refractivity contribution in [2.45, 2.75) is 19.9 Å². The molecule has 198 valence electrons. The second-order valence-electron chi connectivity index (χ2n) is 8.96. The number of rotatable bonds is 7. The van der Waals surface area contributed by atoms with E-state index < -0.39 is 12.0 Å². The number of benzene rings is 3. The van der Waals surface area contributed by atoms with Crippen molar-refractivity contribution in [1.29, 1.82) is 0 Å². The number of fused-ring (bicyclic) bond motifs is 1. The lowest BCUT2D eigenvalue weighted by Crippen LogP contribution is -2.40.